The Morgan fingerprint density at radius 3 is 2.63 bits per heavy atom. The zero-order valence-corrected chi connectivity index (χ0v) is 20.0. The third kappa shape index (κ3) is 5.01. The Morgan fingerprint density at radius 1 is 1.00 bits per heavy atom. The zero-order valence-electron chi connectivity index (χ0n) is 20.0. The van der Waals surface area contributed by atoms with Gasteiger partial charge in [0, 0.05) is 22.0 Å². The van der Waals surface area contributed by atoms with Gasteiger partial charge in [-0.1, -0.05) is 62.9 Å². The lowest BCUT2D eigenvalue weighted by atomic mass is 9.89. The van der Waals surface area contributed by atoms with Crippen LogP contribution < -0.4 is 5.32 Å². The van der Waals surface area contributed by atoms with E-state index in [1.807, 2.05) is 74.1 Å². The van der Waals surface area contributed by atoms with Gasteiger partial charge in [0.25, 0.3) is 0 Å². The van der Waals surface area contributed by atoms with Crippen LogP contribution in [-0.4, -0.2) is 31.0 Å². The van der Waals surface area contributed by atoms with Crippen LogP contribution in [-0.2, 0) is 6.54 Å². The van der Waals surface area contributed by atoms with Crippen molar-refractivity contribution in [1.29, 1.82) is 0 Å². The van der Waals surface area contributed by atoms with Crippen LogP contribution in [0.4, 0.5) is 11.5 Å². The lowest BCUT2D eigenvalue weighted by Crippen LogP contribution is -2.23. The number of nitrogens with one attached hydrogen (secondary N) is 1. The Morgan fingerprint density at radius 2 is 1.83 bits per heavy atom. The third-order valence-electron chi connectivity index (χ3n) is 5.89. The summed E-state index contributed by atoms with van der Waals surface area (Å²) in [5, 5.41) is 20.2. The van der Waals surface area contributed by atoms with Crippen molar-refractivity contribution in [3.05, 3.63) is 90.4 Å². The molecule has 0 bridgehead atoms. The molecule has 0 aliphatic carbocycles. The van der Waals surface area contributed by atoms with Gasteiger partial charge in [-0.15, -0.1) is 0 Å². The van der Waals surface area contributed by atoms with Crippen LogP contribution in [0.1, 0.15) is 31.9 Å². The Balaban J connectivity index is 1.42. The highest BCUT2D eigenvalue weighted by Crippen LogP contribution is 2.27. The molecule has 1 atom stereocenters. The fourth-order valence-corrected chi connectivity index (χ4v) is 3.79. The predicted octanol–water partition coefficient (Wildman–Crippen LogP) is 5.53. The molecule has 35 heavy (non-hydrogen) atoms. The van der Waals surface area contributed by atoms with Crippen LogP contribution in [0.5, 0.6) is 0 Å². The topological polar surface area (TPSA) is 75.9 Å². The lowest BCUT2D eigenvalue weighted by molar-refractivity contribution is 0.114. The van der Waals surface area contributed by atoms with E-state index < -0.39 is 6.10 Å². The molecular formula is C29H27N5O. The van der Waals surface area contributed by atoms with E-state index >= 15 is 0 Å². The summed E-state index contributed by atoms with van der Waals surface area (Å²) in [6, 6.07) is 22.3. The molecule has 5 aromatic rings. The van der Waals surface area contributed by atoms with Crippen molar-refractivity contribution in [3.63, 3.8) is 0 Å². The van der Waals surface area contributed by atoms with Crippen LogP contribution in [0.2, 0.25) is 0 Å². The van der Waals surface area contributed by atoms with E-state index in [1.54, 1.807) is 6.33 Å². The molecule has 0 saturated carbocycles. The molecule has 0 amide bonds. The zero-order chi connectivity index (χ0) is 24.4. The predicted molar refractivity (Wildman–Crippen MR) is 140 cm³/mol. The van der Waals surface area contributed by atoms with Gasteiger partial charge in [-0.2, -0.15) is 5.10 Å². The van der Waals surface area contributed by atoms with Gasteiger partial charge in [0.15, 0.2) is 0 Å². The minimum atomic E-state index is -0.711. The summed E-state index contributed by atoms with van der Waals surface area (Å²) in [4.78, 5) is 8.87. The molecule has 5 rings (SSSR count). The maximum Gasteiger partial charge on any atom is 0.141 e. The van der Waals surface area contributed by atoms with Gasteiger partial charge in [-0.3, -0.25) is 4.68 Å². The van der Waals surface area contributed by atoms with Crippen molar-refractivity contribution in [1.82, 2.24) is 19.7 Å². The first kappa shape index (κ1) is 22.6. The van der Waals surface area contributed by atoms with Gasteiger partial charge in [-0.05, 0) is 47.4 Å². The first-order chi connectivity index (χ1) is 16.9. The van der Waals surface area contributed by atoms with Crippen molar-refractivity contribution in [2.24, 2.45) is 5.41 Å². The minimum Gasteiger partial charge on any atom is -0.380 e. The SMILES string of the molecule is CC(C)(C)C(O)C#Cc1ccc2ncnc(Nc3ccc4c(cnn4Cc4ccccc4)c3)c2c1. The standard InChI is InChI=1S/C29H27N5O/c1-29(2,3)27(35)14-10-20-9-12-25-24(15-20)28(31-19-30-25)33-23-11-13-26-22(16-23)17-32-34(26)18-21-7-5-4-6-8-21/h4-9,11-13,15-17,19,27,35H,18H2,1-3H3,(H,30,31,33). The average molecular weight is 462 g/mol. The van der Waals surface area contributed by atoms with Crippen LogP contribution >= 0.6 is 0 Å². The van der Waals surface area contributed by atoms with E-state index in [1.165, 1.54) is 5.56 Å². The Hall–Kier alpha value is -4.21. The van der Waals surface area contributed by atoms with Crippen molar-refractivity contribution in [2.75, 3.05) is 5.32 Å². The highest BCUT2D eigenvalue weighted by molar-refractivity contribution is 5.92. The van der Waals surface area contributed by atoms with Gasteiger partial charge >= 0.3 is 0 Å². The third-order valence-corrected chi connectivity index (χ3v) is 5.89. The second-order valence-electron chi connectivity index (χ2n) is 9.68. The van der Waals surface area contributed by atoms with Crippen molar-refractivity contribution in [2.45, 2.75) is 33.4 Å². The molecule has 2 N–H and O–H groups in total. The van der Waals surface area contributed by atoms with Gasteiger partial charge in [0.1, 0.15) is 18.2 Å². The van der Waals surface area contributed by atoms with Crippen LogP contribution in [0.3, 0.4) is 0 Å². The highest BCUT2D eigenvalue weighted by Gasteiger charge is 2.19. The van der Waals surface area contributed by atoms with E-state index in [-0.39, 0.29) is 5.41 Å². The maximum absolute atomic E-state index is 10.3. The number of hydrogen-bond donors (Lipinski definition) is 2. The number of aromatic nitrogens is 4. The summed E-state index contributed by atoms with van der Waals surface area (Å²) in [5.41, 5.74) is 4.52. The van der Waals surface area contributed by atoms with Gasteiger partial charge in [0.05, 0.1) is 23.8 Å². The van der Waals surface area contributed by atoms with Crippen molar-refractivity contribution >= 4 is 33.3 Å². The van der Waals surface area contributed by atoms with Crippen LogP contribution in [0, 0.1) is 17.3 Å². The van der Waals surface area contributed by atoms with E-state index in [2.05, 4.69) is 56.5 Å². The molecule has 2 heterocycles. The Labute approximate surface area is 204 Å². The summed E-state index contributed by atoms with van der Waals surface area (Å²) in [6.07, 6.45) is 2.73. The number of nitrogens with zero attached hydrogens (tertiary/aromatic N) is 4. The summed E-state index contributed by atoms with van der Waals surface area (Å²) in [5.74, 6) is 6.73. The second kappa shape index (κ2) is 9.21. The number of benzene rings is 3. The van der Waals surface area contributed by atoms with Crippen LogP contribution in [0.15, 0.2) is 79.3 Å². The number of rotatable bonds is 4. The minimum absolute atomic E-state index is 0.298. The van der Waals surface area contributed by atoms with E-state index in [0.717, 1.165) is 39.6 Å². The van der Waals surface area contributed by atoms with E-state index in [4.69, 9.17) is 0 Å². The van der Waals surface area contributed by atoms with Crippen molar-refractivity contribution in [3.8, 4) is 11.8 Å². The molecule has 174 valence electrons. The number of aliphatic hydroxyl groups excluding tert-OH is 1. The molecule has 1 unspecified atom stereocenters. The number of anilines is 2. The molecule has 0 aliphatic rings. The molecule has 6 heteroatoms. The first-order valence-corrected chi connectivity index (χ1v) is 11.6. The molecule has 0 fully saturated rings. The number of aliphatic hydroxyl groups is 1. The Kier molecular flexibility index (Phi) is 5.94. The summed E-state index contributed by atoms with van der Waals surface area (Å²) < 4.78 is 2.01. The first-order valence-electron chi connectivity index (χ1n) is 11.6. The molecule has 0 saturated heterocycles. The van der Waals surface area contributed by atoms with Crippen molar-refractivity contribution < 1.29 is 5.11 Å². The molecule has 2 aromatic heterocycles. The van der Waals surface area contributed by atoms with Gasteiger partial charge < -0.3 is 10.4 Å². The maximum atomic E-state index is 10.3. The molecule has 0 spiro atoms. The lowest BCUT2D eigenvalue weighted by Gasteiger charge is -2.20. The molecular weight excluding hydrogens is 434 g/mol. The average Bonchev–Trinajstić information content (AvgIpc) is 3.24. The summed E-state index contributed by atoms with van der Waals surface area (Å²) in [6.45, 7) is 6.61. The van der Waals surface area contributed by atoms with Gasteiger partial charge in [-0.25, -0.2) is 9.97 Å². The fraction of sp³-hybridized carbons (Fsp3) is 0.207. The van der Waals surface area contributed by atoms with E-state index in [0.29, 0.717) is 5.82 Å². The van der Waals surface area contributed by atoms with Gasteiger partial charge in [0.2, 0.25) is 0 Å². The summed E-state index contributed by atoms with van der Waals surface area (Å²) >= 11 is 0. The highest BCUT2D eigenvalue weighted by atomic mass is 16.3. The smallest absolute Gasteiger partial charge is 0.141 e. The quantitative estimate of drug-likeness (QED) is 0.344. The number of hydrogen-bond acceptors (Lipinski definition) is 5. The molecule has 6 nitrogen and oxygen atoms in total. The molecule has 3 aromatic carbocycles. The second-order valence-corrected chi connectivity index (χ2v) is 9.68. The monoisotopic (exact) mass is 461 g/mol. The van der Waals surface area contributed by atoms with E-state index in [9.17, 15) is 5.11 Å². The largest absolute Gasteiger partial charge is 0.380 e. The molecule has 0 radical (unpaired) electrons. The Bertz CT molecular complexity index is 1550. The van der Waals surface area contributed by atoms with Crippen LogP contribution in [0.25, 0.3) is 21.8 Å². The number of fused-ring (bicyclic) bond motifs is 2. The molecule has 0 aliphatic heterocycles. The normalized spacial score (nSPS) is 12.3. The summed E-state index contributed by atoms with van der Waals surface area (Å²) in [7, 11) is 0. The fourth-order valence-electron chi connectivity index (χ4n) is 3.79.